The van der Waals surface area contributed by atoms with Gasteiger partial charge in [0.05, 0.1) is 12.8 Å². The number of phenolic OH excluding ortho intramolecular Hbond substituents is 1. The Labute approximate surface area is 248 Å². The van der Waals surface area contributed by atoms with Crippen molar-refractivity contribution >= 4 is 17.6 Å². The second-order valence-corrected chi connectivity index (χ2v) is 11.3. The predicted octanol–water partition coefficient (Wildman–Crippen LogP) is 3.94. The van der Waals surface area contributed by atoms with E-state index >= 15 is 0 Å². The highest BCUT2D eigenvalue weighted by Gasteiger charge is 2.31. The van der Waals surface area contributed by atoms with Gasteiger partial charge in [0.1, 0.15) is 17.9 Å². The van der Waals surface area contributed by atoms with E-state index in [4.69, 9.17) is 21.9 Å². The average Bonchev–Trinajstić information content (AvgIpc) is 3.43. The minimum Gasteiger partial charge on any atom is -0.507 e. The van der Waals surface area contributed by atoms with E-state index < -0.39 is 0 Å². The van der Waals surface area contributed by atoms with Gasteiger partial charge in [-0.1, -0.05) is 42.5 Å². The van der Waals surface area contributed by atoms with Gasteiger partial charge in [-0.25, -0.2) is 0 Å². The van der Waals surface area contributed by atoms with Crippen molar-refractivity contribution < 1.29 is 14.6 Å². The number of aldehydes is 1. The first-order chi connectivity index (χ1) is 20.4. The summed E-state index contributed by atoms with van der Waals surface area (Å²) >= 11 is 0. The van der Waals surface area contributed by atoms with Gasteiger partial charge in [-0.2, -0.15) is 5.10 Å². The van der Waals surface area contributed by atoms with Gasteiger partial charge >= 0.3 is 0 Å². The monoisotopic (exact) mass is 572 g/mol. The van der Waals surface area contributed by atoms with Gasteiger partial charge in [0, 0.05) is 54.7 Å². The van der Waals surface area contributed by atoms with Crippen molar-refractivity contribution in [2.45, 2.75) is 38.8 Å². The molecule has 42 heavy (non-hydrogen) atoms. The zero-order chi connectivity index (χ0) is 29.9. The molecule has 0 radical (unpaired) electrons. The molecule has 224 valence electrons. The first-order valence-electron chi connectivity index (χ1n) is 14.6. The fourth-order valence-corrected chi connectivity index (χ4v) is 5.66. The second kappa shape index (κ2) is 15.2. The Morgan fingerprint density at radius 3 is 2.33 bits per heavy atom. The maximum atomic E-state index is 10.8. The largest absolute Gasteiger partial charge is 0.507 e. The van der Waals surface area contributed by atoms with E-state index in [0.29, 0.717) is 41.2 Å². The number of ether oxygens (including phenoxy) is 1. The van der Waals surface area contributed by atoms with Crippen LogP contribution < -0.4 is 17.2 Å². The van der Waals surface area contributed by atoms with Crippen molar-refractivity contribution in [3.63, 3.8) is 0 Å². The molecule has 9 heteroatoms. The lowest BCUT2D eigenvalue weighted by molar-refractivity contribution is -0.114. The van der Waals surface area contributed by atoms with Crippen LogP contribution in [0.25, 0.3) is 11.3 Å². The number of hydrogen-bond donors (Lipinski definition) is 4. The van der Waals surface area contributed by atoms with Crippen LogP contribution in [-0.4, -0.2) is 52.8 Å². The van der Waals surface area contributed by atoms with Crippen molar-refractivity contribution in [3.05, 3.63) is 95.6 Å². The van der Waals surface area contributed by atoms with Gasteiger partial charge in [0.25, 0.3) is 0 Å². The number of benzene rings is 2. The molecule has 1 saturated carbocycles. The molecule has 2 aromatic carbocycles. The number of aromatic hydroxyl groups is 1. The van der Waals surface area contributed by atoms with E-state index in [1.807, 2.05) is 47.3 Å². The molecule has 1 aliphatic heterocycles. The molecule has 2 aliphatic rings. The van der Waals surface area contributed by atoms with Crippen LogP contribution in [0, 0.1) is 17.8 Å². The summed E-state index contributed by atoms with van der Waals surface area (Å²) in [6.45, 7) is 4.88. The van der Waals surface area contributed by atoms with Crippen molar-refractivity contribution in [3.8, 4) is 5.75 Å². The Morgan fingerprint density at radius 2 is 1.69 bits per heavy atom. The third-order valence-corrected chi connectivity index (χ3v) is 8.06. The summed E-state index contributed by atoms with van der Waals surface area (Å²) in [6, 6.07) is 17.0. The Bertz CT molecular complexity index is 1330. The number of carbonyl (C=O) groups excluding carboxylic acids is 1. The van der Waals surface area contributed by atoms with Crippen LogP contribution >= 0.6 is 0 Å². The maximum Gasteiger partial charge on any atom is 0.124 e. The molecule has 1 saturated heterocycles. The van der Waals surface area contributed by atoms with E-state index in [-0.39, 0.29) is 11.6 Å². The molecule has 2 heterocycles. The van der Waals surface area contributed by atoms with Crippen molar-refractivity contribution in [1.29, 1.82) is 0 Å². The highest BCUT2D eigenvalue weighted by atomic mass is 16.5. The van der Waals surface area contributed by atoms with Crippen LogP contribution in [0.4, 0.5) is 0 Å². The second-order valence-electron chi connectivity index (χ2n) is 11.3. The normalized spacial score (nSPS) is 19.3. The number of methoxy groups -OCH3 is 1. The summed E-state index contributed by atoms with van der Waals surface area (Å²) in [6.07, 6.45) is 10.9. The number of carbonyl (C=O) groups is 1. The molecule has 0 spiro atoms. The first-order valence-corrected chi connectivity index (χ1v) is 14.6. The van der Waals surface area contributed by atoms with Gasteiger partial charge in [-0.3, -0.25) is 4.68 Å². The van der Waals surface area contributed by atoms with Crippen LogP contribution in [-0.2, 0) is 22.7 Å². The van der Waals surface area contributed by atoms with Crippen LogP contribution in [0.3, 0.4) is 0 Å². The fourth-order valence-electron chi connectivity index (χ4n) is 5.66. The third-order valence-electron chi connectivity index (χ3n) is 8.06. The lowest BCUT2D eigenvalue weighted by atomic mass is 9.75. The van der Waals surface area contributed by atoms with Gasteiger partial charge in [0.2, 0.25) is 0 Å². The number of allylic oxidation sites excluding steroid dienone is 2. The van der Waals surface area contributed by atoms with E-state index in [0.717, 1.165) is 63.7 Å². The number of piperidine rings is 1. The zero-order valence-corrected chi connectivity index (χ0v) is 24.4. The molecule has 2 fully saturated rings. The number of nitrogens with zero attached hydrogens (tertiary/aromatic N) is 3. The predicted molar refractivity (Wildman–Crippen MR) is 166 cm³/mol. The minimum atomic E-state index is 0.101. The molecule has 0 amide bonds. The molecule has 1 aliphatic carbocycles. The maximum absolute atomic E-state index is 10.8. The first kappa shape index (κ1) is 30.9. The zero-order valence-electron chi connectivity index (χ0n) is 24.4. The summed E-state index contributed by atoms with van der Waals surface area (Å²) in [4.78, 5) is 13.3. The molecular formula is C33H44N6O3. The number of rotatable bonds is 10. The number of likely N-dealkylation sites (tertiary alicyclic amines) is 1. The van der Waals surface area contributed by atoms with E-state index in [9.17, 15) is 9.90 Å². The topological polar surface area (TPSA) is 146 Å². The van der Waals surface area contributed by atoms with Crippen LogP contribution in [0.5, 0.6) is 5.75 Å². The Morgan fingerprint density at radius 1 is 1.00 bits per heavy atom. The molecule has 9 nitrogen and oxygen atoms in total. The van der Waals surface area contributed by atoms with Crippen LogP contribution in [0.15, 0.2) is 78.9 Å². The van der Waals surface area contributed by atoms with Crippen molar-refractivity contribution in [2.24, 2.45) is 35.0 Å². The Hall–Kier alpha value is -4.08. The number of aromatic nitrogens is 2. The molecule has 0 unspecified atom stereocenters. The lowest BCUT2D eigenvalue weighted by Crippen LogP contribution is -2.41. The quantitative estimate of drug-likeness (QED) is 0.211. The summed E-state index contributed by atoms with van der Waals surface area (Å²) < 4.78 is 6.88. The van der Waals surface area contributed by atoms with Gasteiger partial charge in [0.15, 0.2) is 0 Å². The highest BCUT2D eigenvalue weighted by molar-refractivity contribution is 5.84. The van der Waals surface area contributed by atoms with Crippen LogP contribution in [0.2, 0.25) is 0 Å². The third kappa shape index (κ3) is 8.71. The number of phenols is 1. The lowest BCUT2D eigenvalue weighted by Gasteiger charge is -2.39. The number of para-hydroxylation sites is 1. The average molecular weight is 573 g/mol. The molecule has 5 rings (SSSR count). The molecule has 0 atom stereocenters. The minimum absolute atomic E-state index is 0.101. The highest BCUT2D eigenvalue weighted by Crippen LogP contribution is 2.33. The van der Waals surface area contributed by atoms with Crippen molar-refractivity contribution in [1.82, 2.24) is 14.7 Å². The van der Waals surface area contributed by atoms with E-state index in [1.54, 1.807) is 37.6 Å². The smallest absolute Gasteiger partial charge is 0.124 e. The van der Waals surface area contributed by atoms with Crippen molar-refractivity contribution in [2.75, 3.05) is 26.7 Å². The number of nitrogens with two attached hydrogens (primary N) is 3. The molecule has 0 bridgehead atoms. The summed E-state index contributed by atoms with van der Waals surface area (Å²) in [7, 11) is 1.70. The van der Waals surface area contributed by atoms with E-state index in [2.05, 4.69) is 10.00 Å². The van der Waals surface area contributed by atoms with E-state index in [1.165, 1.54) is 5.56 Å². The van der Waals surface area contributed by atoms with Gasteiger partial charge in [-0.15, -0.1) is 0 Å². The Kier molecular flexibility index (Phi) is 11.2. The van der Waals surface area contributed by atoms with Crippen LogP contribution in [0.1, 0.15) is 42.4 Å². The molecular weight excluding hydrogens is 528 g/mol. The Balaban J connectivity index is 0.000000385. The SMILES string of the molecule is COCc1ccccc1.NC(N)=C(/C=C(\N)c1ccccc1O)c1cnn(CC2CCN(CC3CC(C=O)C3)CC2)c1. The molecule has 7 N–H and O–H groups in total. The standard InChI is InChI=1S/C25H34N6O2.C8H10O/c26-23(21-3-1-2-4-24(21)33)11-22(25(27)28)20-12-29-31(15-20)14-17-5-7-30(8-6-17)13-18-9-19(10-18)16-32;1-9-7-8-5-3-2-4-6-8/h1-4,11-12,15-19,33H,5-10,13-14,26-28H2;2-6H,7H2,1H3/b23-11-;. The fraction of sp³-hybridized carbons (Fsp3) is 0.394. The summed E-state index contributed by atoms with van der Waals surface area (Å²) in [5, 5.41) is 14.6. The molecule has 3 aromatic rings. The number of hydrogen-bond acceptors (Lipinski definition) is 8. The van der Waals surface area contributed by atoms with Gasteiger partial charge in [-0.05, 0) is 74.4 Å². The molecule has 1 aromatic heterocycles. The summed E-state index contributed by atoms with van der Waals surface area (Å²) in [5.74, 6) is 1.81. The van der Waals surface area contributed by atoms with Gasteiger partial charge < -0.3 is 36.7 Å². The summed E-state index contributed by atoms with van der Waals surface area (Å²) in [5.41, 5.74) is 21.6.